The van der Waals surface area contributed by atoms with Crippen LogP contribution in [0.1, 0.15) is 37.8 Å². The number of carboxylic acids is 1. The Hall–Kier alpha value is -3.17. The maximum absolute atomic E-state index is 12.6. The number of ether oxygens (including phenoxy) is 1. The van der Waals surface area contributed by atoms with Crippen molar-refractivity contribution in [2.24, 2.45) is 5.73 Å². The van der Waals surface area contributed by atoms with E-state index in [0.29, 0.717) is 44.5 Å². The molecule has 0 radical (unpaired) electrons. The molecule has 9 nitrogen and oxygen atoms in total. The van der Waals surface area contributed by atoms with Gasteiger partial charge in [0.1, 0.15) is 18.0 Å². The fraction of sp³-hybridized carbons (Fsp3) is 0.500. The summed E-state index contributed by atoms with van der Waals surface area (Å²) >= 11 is 0. The van der Waals surface area contributed by atoms with E-state index in [-0.39, 0.29) is 32.1 Å². The molecule has 0 aliphatic carbocycles. The van der Waals surface area contributed by atoms with E-state index >= 15 is 0 Å². The number of nitrogen functional groups attached to an aromatic ring is 1. The standard InChI is InChI=1S/C19H24N4O5.CH4.FH/c20-17(21)14-3-1-13(2-4-14)11-15(24)22-8-5-19(6-9-22)7-10-23(12-16(25)26)18(27)28-19;;/h1-4H,5-12H2,(H3,20,21)(H,25,26);1H4;1H/i/hT. The first-order chi connectivity index (χ1) is 14.3. The normalized spacial score (nSPS) is 17.6. The summed E-state index contributed by atoms with van der Waals surface area (Å²) < 4.78 is 18.6. The Morgan fingerprint density at radius 1 is 1.20 bits per heavy atom. The Labute approximate surface area is 176 Å². The van der Waals surface area contributed by atoms with Gasteiger partial charge in [-0.2, -0.15) is 0 Å². The molecule has 2 amide bonds. The Bertz CT molecular complexity index is 797. The second kappa shape index (κ2) is 10.0. The van der Waals surface area contributed by atoms with Crippen molar-refractivity contribution < 1.29 is 28.9 Å². The van der Waals surface area contributed by atoms with Gasteiger partial charge >= 0.3 is 12.1 Å². The number of nitrogens with zero attached hydrogens (tertiary/aromatic N) is 2. The third-order valence-corrected chi connectivity index (χ3v) is 5.37. The van der Waals surface area contributed by atoms with Crippen LogP contribution in [0.25, 0.3) is 0 Å². The number of hydrogen-bond acceptors (Lipinski definition) is 5. The zero-order chi connectivity index (χ0) is 22.3. The fourth-order valence-corrected chi connectivity index (χ4v) is 3.64. The van der Waals surface area contributed by atoms with Gasteiger partial charge in [0.25, 0.3) is 1.45 Å². The average molecular weight is 426 g/mol. The molecular formula is C20H29FN4O5. The molecule has 0 atom stereocenters. The Morgan fingerprint density at radius 3 is 2.27 bits per heavy atom. The molecule has 1 aromatic carbocycles. The third kappa shape index (κ3) is 5.68. The SMILES string of the molecule is C.N=C(N)c1ccc(CC(=O)N2CCC3(CC2)CCN(CC(=O)O)C(=O)O3)cc1.[3H]F. The lowest BCUT2D eigenvalue weighted by molar-refractivity contribution is -0.143. The highest BCUT2D eigenvalue weighted by molar-refractivity contribution is 5.95. The largest absolute Gasteiger partial charge is 0.480 e. The van der Waals surface area contributed by atoms with Gasteiger partial charge in [-0.3, -0.25) is 24.6 Å². The molecule has 30 heavy (non-hydrogen) atoms. The van der Waals surface area contributed by atoms with Crippen LogP contribution in [0.2, 0.25) is 0 Å². The summed E-state index contributed by atoms with van der Waals surface area (Å²) in [5, 5.41) is 16.2. The summed E-state index contributed by atoms with van der Waals surface area (Å²) in [6.45, 7) is 0.983. The second-order valence-corrected chi connectivity index (χ2v) is 7.28. The molecule has 2 heterocycles. The number of carbonyl (C=O) groups is 3. The molecule has 166 valence electrons. The number of nitrogens with two attached hydrogens (primary N) is 1. The highest BCUT2D eigenvalue weighted by Crippen LogP contribution is 2.34. The maximum atomic E-state index is 12.6. The summed E-state index contributed by atoms with van der Waals surface area (Å²) in [7, 11) is 0. The molecule has 2 aliphatic rings. The number of likely N-dealkylation sites (tertiary alicyclic amines) is 1. The summed E-state index contributed by atoms with van der Waals surface area (Å²) in [5.41, 5.74) is 6.30. The molecule has 2 fully saturated rings. The predicted molar refractivity (Wildman–Crippen MR) is 109 cm³/mol. The van der Waals surface area contributed by atoms with Gasteiger partial charge in [0, 0.05) is 44.5 Å². The van der Waals surface area contributed by atoms with Crippen molar-refractivity contribution in [1.29, 1.82) is 6.86 Å². The summed E-state index contributed by atoms with van der Waals surface area (Å²) in [4.78, 5) is 38.4. The van der Waals surface area contributed by atoms with Crippen LogP contribution in [-0.4, -0.2) is 71.9 Å². The first-order valence-corrected chi connectivity index (χ1v) is 9.19. The molecule has 4 N–H and O–H groups in total. The molecule has 2 saturated heterocycles. The van der Waals surface area contributed by atoms with Crippen LogP contribution in [-0.2, 0) is 20.7 Å². The molecule has 1 aromatic rings. The number of rotatable bonds is 5. The topological polar surface area (TPSA) is 137 Å². The lowest BCUT2D eigenvalue weighted by atomic mass is 9.86. The number of piperidine rings is 1. The van der Waals surface area contributed by atoms with Gasteiger partial charge in [0.15, 0.2) is 0 Å². The van der Waals surface area contributed by atoms with Crippen molar-refractivity contribution in [1.82, 2.24) is 9.80 Å². The average Bonchev–Trinajstić information content (AvgIpc) is 2.72. The van der Waals surface area contributed by atoms with E-state index in [4.69, 9.17) is 25.7 Å². The van der Waals surface area contributed by atoms with Crippen molar-refractivity contribution >= 4 is 23.8 Å². The van der Waals surface area contributed by atoms with E-state index in [9.17, 15) is 14.4 Å². The number of halogens is 1. The van der Waals surface area contributed by atoms with Crippen molar-refractivity contribution in [2.75, 3.05) is 26.2 Å². The first-order valence-electron chi connectivity index (χ1n) is 9.57. The molecule has 0 aromatic heterocycles. The van der Waals surface area contributed by atoms with Crippen LogP contribution < -0.4 is 5.73 Å². The van der Waals surface area contributed by atoms with Gasteiger partial charge in [-0.05, 0) is 5.56 Å². The monoisotopic (exact) mass is 426 g/mol. The number of benzene rings is 1. The molecule has 10 heteroatoms. The fourth-order valence-electron chi connectivity index (χ4n) is 3.64. The van der Waals surface area contributed by atoms with E-state index in [1.54, 1.807) is 29.2 Å². The number of aliphatic carboxylic acids is 1. The van der Waals surface area contributed by atoms with Gasteiger partial charge in [-0.25, -0.2) is 4.79 Å². The zero-order valence-corrected chi connectivity index (χ0v) is 15.9. The van der Waals surface area contributed by atoms with Gasteiger partial charge in [0.05, 0.1) is 6.42 Å². The quantitative estimate of drug-likeness (QED) is 0.483. The molecule has 2 aliphatic heterocycles. The lowest BCUT2D eigenvalue weighted by Crippen LogP contribution is -2.56. The van der Waals surface area contributed by atoms with Crippen LogP contribution in [0.3, 0.4) is 0 Å². The Kier molecular flexibility index (Phi) is 7.73. The van der Waals surface area contributed by atoms with Crippen molar-refractivity contribution in [3.63, 3.8) is 0 Å². The van der Waals surface area contributed by atoms with E-state index in [1.807, 2.05) is 0 Å². The number of amides is 2. The number of carboxylic acid groups (broad SMARTS) is 1. The molecule has 0 bridgehead atoms. The lowest BCUT2D eigenvalue weighted by Gasteiger charge is -2.45. The molecule has 0 unspecified atom stereocenters. The van der Waals surface area contributed by atoms with Crippen molar-refractivity contribution in [3.8, 4) is 0 Å². The van der Waals surface area contributed by atoms with Crippen LogP contribution in [0, 0.1) is 5.41 Å². The van der Waals surface area contributed by atoms with Crippen molar-refractivity contribution in [3.05, 3.63) is 35.4 Å². The Morgan fingerprint density at radius 2 is 1.77 bits per heavy atom. The summed E-state index contributed by atoms with van der Waals surface area (Å²) in [5.74, 6) is -1.08. The van der Waals surface area contributed by atoms with E-state index in [0.717, 1.165) is 5.56 Å². The maximum Gasteiger partial charge on any atom is 0.410 e. The van der Waals surface area contributed by atoms with Gasteiger partial charge < -0.3 is 20.5 Å². The highest BCUT2D eigenvalue weighted by atomic mass is 19.0. The smallest absolute Gasteiger partial charge is 0.410 e. The summed E-state index contributed by atoms with van der Waals surface area (Å²) in [6.07, 6.45) is 1.33. The van der Waals surface area contributed by atoms with Crippen LogP contribution in [0.4, 0.5) is 9.51 Å². The number of amidine groups is 1. The predicted octanol–water partition coefficient (Wildman–Crippen LogP) is 1.59. The van der Waals surface area contributed by atoms with E-state index in [1.165, 1.54) is 4.90 Å². The molecule has 3 rings (SSSR count). The Balaban J connectivity index is 0.00000156. The van der Waals surface area contributed by atoms with E-state index < -0.39 is 17.7 Å². The minimum absolute atomic E-state index is 0. The number of hydrogen-bond donors (Lipinski definition) is 3. The minimum Gasteiger partial charge on any atom is -0.480 e. The molecular weight excluding hydrogens is 395 g/mol. The van der Waals surface area contributed by atoms with Crippen LogP contribution >= 0.6 is 0 Å². The second-order valence-electron chi connectivity index (χ2n) is 7.28. The molecule has 1 spiro atoms. The minimum atomic E-state index is -1.07. The van der Waals surface area contributed by atoms with Gasteiger partial charge in [0.2, 0.25) is 5.91 Å². The van der Waals surface area contributed by atoms with Crippen LogP contribution in [0.15, 0.2) is 24.3 Å². The first kappa shape index (κ1) is 23.1. The van der Waals surface area contributed by atoms with Gasteiger partial charge in [-0.15, -0.1) is 0 Å². The zero-order valence-electron chi connectivity index (χ0n) is 16.9. The molecule has 0 saturated carbocycles. The van der Waals surface area contributed by atoms with Crippen molar-refractivity contribution in [2.45, 2.75) is 38.7 Å². The van der Waals surface area contributed by atoms with E-state index in [2.05, 4.69) is 1.45 Å². The summed E-state index contributed by atoms with van der Waals surface area (Å²) in [6, 6.07) is 7.03. The highest BCUT2D eigenvalue weighted by Gasteiger charge is 2.43. The van der Waals surface area contributed by atoms with Gasteiger partial charge in [-0.1, -0.05) is 31.7 Å². The van der Waals surface area contributed by atoms with Crippen LogP contribution in [0.5, 0.6) is 0 Å². The third-order valence-electron chi connectivity index (χ3n) is 5.37. The number of nitrogens with one attached hydrogen (secondary N) is 1. The number of carbonyl (C=O) groups excluding carboxylic acids is 2.